The molecule has 1 heterocycles. The van der Waals surface area contributed by atoms with E-state index in [0.29, 0.717) is 17.7 Å². The van der Waals surface area contributed by atoms with Crippen molar-refractivity contribution in [1.29, 1.82) is 0 Å². The van der Waals surface area contributed by atoms with Crippen molar-refractivity contribution in [1.82, 2.24) is 5.32 Å². The van der Waals surface area contributed by atoms with E-state index in [1.165, 1.54) is 19.3 Å². The maximum atomic E-state index is 11.1. The number of carbonyl (C=O) groups excluding carboxylic acids is 1. The number of carbonyl (C=O) groups is 1. The summed E-state index contributed by atoms with van der Waals surface area (Å²) in [5.41, 5.74) is 5.86. The monoisotopic (exact) mass is 282 g/mol. The molecule has 0 spiro atoms. The molecule has 0 bridgehead atoms. The molecule has 0 saturated heterocycles. The molecule has 5 heteroatoms. The lowest BCUT2D eigenvalue weighted by atomic mass is 10.1. The third-order valence-corrected chi connectivity index (χ3v) is 4.67. The quantitative estimate of drug-likeness (QED) is 0.814. The van der Waals surface area contributed by atoms with Gasteiger partial charge in [-0.25, -0.2) is 0 Å². The molecule has 1 amide bonds. The Bertz CT molecular complexity index is 419. The van der Waals surface area contributed by atoms with Gasteiger partial charge >= 0.3 is 0 Å². The summed E-state index contributed by atoms with van der Waals surface area (Å²) in [6, 6.07) is 2.28. The third kappa shape index (κ3) is 4.03. The average Bonchev–Trinajstić information content (AvgIpc) is 2.76. The van der Waals surface area contributed by atoms with Gasteiger partial charge < -0.3 is 15.8 Å². The van der Waals surface area contributed by atoms with Crippen molar-refractivity contribution in [3.8, 4) is 0 Å². The first-order valence-electron chi connectivity index (χ1n) is 6.84. The van der Waals surface area contributed by atoms with Gasteiger partial charge in [-0.15, -0.1) is 11.3 Å². The first-order valence-corrected chi connectivity index (χ1v) is 7.72. The van der Waals surface area contributed by atoms with Crippen molar-refractivity contribution in [3.63, 3.8) is 0 Å². The number of hydrogen-bond acceptors (Lipinski definition) is 4. The van der Waals surface area contributed by atoms with Gasteiger partial charge in [0.05, 0.1) is 11.7 Å². The summed E-state index contributed by atoms with van der Waals surface area (Å²) in [7, 11) is 1.79. The van der Waals surface area contributed by atoms with E-state index in [1.54, 1.807) is 18.4 Å². The Morgan fingerprint density at radius 2 is 2.26 bits per heavy atom. The summed E-state index contributed by atoms with van der Waals surface area (Å²) in [5, 5.41) is 5.38. The van der Waals surface area contributed by atoms with Crippen molar-refractivity contribution in [3.05, 3.63) is 21.9 Å². The number of nitrogens with two attached hydrogens (primary N) is 1. The molecule has 1 aliphatic rings. The molecular formula is C14H22N2O2S. The minimum atomic E-state index is -0.355. The van der Waals surface area contributed by atoms with Crippen LogP contribution in [0, 0.1) is 0 Å². The first kappa shape index (κ1) is 14.5. The van der Waals surface area contributed by atoms with Gasteiger partial charge in [0.25, 0.3) is 0 Å². The Balaban J connectivity index is 1.90. The normalized spacial score (nSPS) is 24.1. The number of nitrogens with one attached hydrogen (secondary N) is 1. The highest BCUT2D eigenvalue weighted by Gasteiger charge is 2.22. The smallest absolute Gasteiger partial charge is 0.249 e. The van der Waals surface area contributed by atoms with E-state index in [2.05, 4.69) is 5.32 Å². The maximum absolute atomic E-state index is 11.1. The van der Waals surface area contributed by atoms with Crippen molar-refractivity contribution in [2.45, 2.75) is 50.8 Å². The van der Waals surface area contributed by atoms with Crippen LogP contribution in [0.1, 0.15) is 47.3 Å². The molecule has 0 aromatic carbocycles. The molecule has 1 fully saturated rings. The summed E-state index contributed by atoms with van der Waals surface area (Å²) in [5.74, 6) is -0.355. The fourth-order valence-corrected chi connectivity index (χ4v) is 3.45. The van der Waals surface area contributed by atoms with E-state index in [-0.39, 0.29) is 5.91 Å². The second-order valence-corrected chi connectivity index (χ2v) is 6.06. The molecule has 1 aromatic heterocycles. The van der Waals surface area contributed by atoms with Crippen LogP contribution in [-0.2, 0) is 11.3 Å². The van der Waals surface area contributed by atoms with E-state index in [0.717, 1.165) is 24.3 Å². The molecule has 2 atom stereocenters. The number of thiophene rings is 1. The molecule has 3 N–H and O–H groups in total. The number of primary amides is 1. The molecule has 106 valence electrons. The zero-order valence-corrected chi connectivity index (χ0v) is 12.2. The van der Waals surface area contributed by atoms with Gasteiger partial charge in [0.2, 0.25) is 5.91 Å². The summed E-state index contributed by atoms with van der Waals surface area (Å²) in [6.07, 6.45) is 6.40. The molecule has 1 saturated carbocycles. The molecule has 4 nitrogen and oxygen atoms in total. The Morgan fingerprint density at radius 3 is 2.95 bits per heavy atom. The topological polar surface area (TPSA) is 64.3 Å². The summed E-state index contributed by atoms with van der Waals surface area (Å²) in [6.45, 7) is 0.780. The third-order valence-electron chi connectivity index (χ3n) is 3.73. The maximum Gasteiger partial charge on any atom is 0.249 e. The highest BCUT2D eigenvalue weighted by atomic mass is 32.1. The SMILES string of the molecule is CO[C@H]1CCCCC[C@@H]1NCc1cc(C(N)=O)cs1. The van der Waals surface area contributed by atoms with Crippen LogP contribution in [0.5, 0.6) is 0 Å². The average molecular weight is 282 g/mol. The van der Waals surface area contributed by atoms with Crippen molar-refractivity contribution in [2.24, 2.45) is 5.73 Å². The Morgan fingerprint density at radius 1 is 1.47 bits per heavy atom. The van der Waals surface area contributed by atoms with Crippen molar-refractivity contribution >= 4 is 17.2 Å². The highest BCUT2D eigenvalue weighted by molar-refractivity contribution is 7.10. The van der Waals surface area contributed by atoms with Gasteiger partial charge in [-0.1, -0.05) is 19.3 Å². The van der Waals surface area contributed by atoms with Crippen LogP contribution in [0.3, 0.4) is 0 Å². The van der Waals surface area contributed by atoms with E-state index in [9.17, 15) is 4.79 Å². The Kier molecular flexibility index (Phi) is 5.36. The number of hydrogen-bond donors (Lipinski definition) is 2. The highest BCUT2D eigenvalue weighted by Crippen LogP contribution is 2.21. The minimum absolute atomic E-state index is 0.304. The van der Waals surface area contributed by atoms with Crippen LogP contribution in [-0.4, -0.2) is 25.2 Å². The molecule has 2 rings (SSSR count). The molecule has 1 aromatic rings. The van der Waals surface area contributed by atoms with Crippen LogP contribution in [0.25, 0.3) is 0 Å². The predicted octanol–water partition coefficient (Wildman–Crippen LogP) is 2.28. The van der Waals surface area contributed by atoms with E-state index in [4.69, 9.17) is 10.5 Å². The second-order valence-electron chi connectivity index (χ2n) is 5.07. The first-order chi connectivity index (χ1) is 9.20. The van der Waals surface area contributed by atoms with Crippen molar-refractivity contribution < 1.29 is 9.53 Å². The molecule has 0 radical (unpaired) electrons. The zero-order valence-electron chi connectivity index (χ0n) is 11.4. The van der Waals surface area contributed by atoms with Gasteiger partial charge in [0, 0.05) is 30.0 Å². The summed E-state index contributed by atoms with van der Waals surface area (Å²) < 4.78 is 5.58. The molecular weight excluding hydrogens is 260 g/mol. The van der Waals surface area contributed by atoms with Crippen LogP contribution in [0.4, 0.5) is 0 Å². The molecule has 19 heavy (non-hydrogen) atoms. The Labute approximate surface area is 118 Å². The number of amides is 1. The fourth-order valence-electron chi connectivity index (χ4n) is 2.62. The molecule has 0 unspecified atom stereocenters. The summed E-state index contributed by atoms with van der Waals surface area (Å²) in [4.78, 5) is 12.2. The number of ether oxygens (including phenoxy) is 1. The largest absolute Gasteiger partial charge is 0.380 e. The van der Waals surface area contributed by atoms with Crippen LogP contribution < -0.4 is 11.1 Å². The molecule has 1 aliphatic carbocycles. The standard InChI is InChI=1S/C14H22N2O2S/c1-18-13-6-4-2-3-5-12(13)16-8-11-7-10(9-19-11)14(15)17/h7,9,12-13,16H,2-6,8H2,1H3,(H2,15,17)/t12-,13-/m0/s1. The van der Waals surface area contributed by atoms with Gasteiger partial charge in [-0.05, 0) is 18.9 Å². The van der Waals surface area contributed by atoms with Gasteiger partial charge in [-0.2, -0.15) is 0 Å². The van der Waals surface area contributed by atoms with Crippen LogP contribution in [0.2, 0.25) is 0 Å². The van der Waals surface area contributed by atoms with E-state index in [1.807, 2.05) is 11.4 Å². The van der Waals surface area contributed by atoms with Gasteiger partial charge in [0.15, 0.2) is 0 Å². The number of methoxy groups -OCH3 is 1. The van der Waals surface area contributed by atoms with Crippen LogP contribution >= 0.6 is 11.3 Å². The molecule has 0 aliphatic heterocycles. The van der Waals surface area contributed by atoms with Crippen molar-refractivity contribution in [2.75, 3.05) is 7.11 Å². The Hall–Kier alpha value is -0.910. The van der Waals surface area contributed by atoms with Gasteiger partial charge in [0.1, 0.15) is 0 Å². The lowest BCUT2D eigenvalue weighted by molar-refractivity contribution is 0.0626. The lowest BCUT2D eigenvalue weighted by Gasteiger charge is -2.24. The van der Waals surface area contributed by atoms with E-state index >= 15 is 0 Å². The summed E-state index contributed by atoms with van der Waals surface area (Å²) >= 11 is 1.58. The fraction of sp³-hybridized carbons (Fsp3) is 0.643. The number of rotatable bonds is 5. The predicted molar refractivity (Wildman–Crippen MR) is 77.3 cm³/mol. The second kappa shape index (κ2) is 7.03. The zero-order chi connectivity index (χ0) is 13.7. The lowest BCUT2D eigenvalue weighted by Crippen LogP contribution is -2.39. The van der Waals surface area contributed by atoms with E-state index < -0.39 is 0 Å². The van der Waals surface area contributed by atoms with Crippen LogP contribution in [0.15, 0.2) is 11.4 Å². The van der Waals surface area contributed by atoms with Gasteiger partial charge in [-0.3, -0.25) is 4.79 Å². The minimum Gasteiger partial charge on any atom is -0.380 e.